The van der Waals surface area contributed by atoms with E-state index in [1.165, 1.54) is 5.56 Å². The number of rotatable bonds is 5. The van der Waals surface area contributed by atoms with Gasteiger partial charge in [0.05, 0.1) is 6.54 Å². The maximum Gasteiger partial charge on any atom is 0.176 e. The highest BCUT2D eigenvalue weighted by Gasteiger charge is 2.19. The molecule has 1 aromatic carbocycles. The number of pyridine rings is 1. The molecule has 2 aromatic rings. The molecule has 3 rings (SSSR count). The van der Waals surface area contributed by atoms with Crippen LogP contribution in [0.2, 0.25) is 0 Å². The van der Waals surface area contributed by atoms with Gasteiger partial charge in [-0.05, 0) is 11.6 Å². The van der Waals surface area contributed by atoms with E-state index in [9.17, 15) is 4.79 Å². The number of hydrogen-bond donors (Lipinski definition) is 0. The maximum atomic E-state index is 12.2. The smallest absolute Gasteiger partial charge is 0.176 e. The Morgan fingerprint density at radius 2 is 1.68 bits per heavy atom. The predicted molar refractivity (Wildman–Crippen MR) is 86.7 cm³/mol. The summed E-state index contributed by atoms with van der Waals surface area (Å²) >= 11 is 0. The van der Waals surface area contributed by atoms with E-state index in [1.54, 1.807) is 6.20 Å². The molecule has 1 aromatic heterocycles. The standard InChI is InChI=1S/C18H21N3O/c22-18(17-6-2-1-3-7-17)15-21-11-9-20(10-12-21)14-16-5-4-8-19-13-16/h1-8,13H,9-12,14-15H2. The summed E-state index contributed by atoms with van der Waals surface area (Å²) in [4.78, 5) is 21.0. The molecule has 0 unspecified atom stereocenters. The zero-order valence-electron chi connectivity index (χ0n) is 12.7. The normalized spacial score (nSPS) is 16.5. The van der Waals surface area contributed by atoms with E-state index < -0.39 is 0 Å². The topological polar surface area (TPSA) is 36.4 Å². The van der Waals surface area contributed by atoms with Gasteiger partial charge in [0.15, 0.2) is 5.78 Å². The first-order valence-corrected chi connectivity index (χ1v) is 7.73. The average molecular weight is 295 g/mol. The van der Waals surface area contributed by atoms with E-state index in [0.29, 0.717) is 6.54 Å². The van der Waals surface area contributed by atoms with Crippen LogP contribution in [0.3, 0.4) is 0 Å². The molecule has 2 heterocycles. The minimum Gasteiger partial charge on any atom is -0.296 e. The number of Topliss-reactive ketones (excluding diaryl/α,β-unsaturated/α-hetero) is 1. The first-order valence-electron chi connectivity index (χ1n) is 7.73. The van der Waals surface area contributed by atoms with Crippen LogP contribution in [0.1, 0.15) is 15.9 Å². The highest BCUT2D eigenvalue weighted by Crippen LogP contribution is 2.09. The van der Waals surface area contributed by atoms with Crippen LogP contribution in [-0.2, 0) is 6.54 Å². The third-order valence-corrected chi connectivity index (χ3v) is 4.06. The van der Waals surface area contributed by atoms with Gasteiger partial charge in [-0.15, -0.1) is 0 Å². The second-order valence-electron chi connectivity index (χ2n) is 5.70. The van der Waals surface area contributed by atoms with Crippen molar-refractivity contribution >= 4 is 5.78 Å². The van der Waals surface area contributed by atoms with Crippen LogP contribution >= 0.6 is 0 Å². The van der Waals surface area contributed by atoms with Crippen molar-refractivity contribution in [3.63, 3.8) is 0 Å². The Morgan fingerprint density at radius 3 is 2.36 bits per heavy atom. The number of carbonyl (C=O) groups excluding carboxylic acids is 1. The van der Waals surface area contributed by atoms with Crippen LogP contribution in [0.15, 0.2) is 54.9 Å². The van der Waals surface area contributed by atoms with E-state index in [0.717, 1.165) is 38.3 Å². The van der Waals surface area contributed by atoms with Crippen molar-refractivity contribution in [2.75, 3.05) is 32.7 Å². The summed E-state index contributed by atoms with van der Waals surface area (Å²) in [6, 6.07) is 13.6. The van der Waals surface area contributed by atoms with Gasteiger partial charge in [-0.25, -0.2) is 0 Å². The lowest BCUT2D eigenvalue weighted by atomic mass is 10.1. The molecule has 0 spiro atoms. The van der Waals surface area contributed by atoms with Gasteiger partial charge in [-0.2, -0.15) is 0 Å². The predicted octanol–water partition coefficient (Wildman–Crippen LogP) is 2.08. The molecule has 114 valence electrons. The fraction of sp³-hybridized carbons (Fsp3) is 0.333. The molecule has 1 aliphatic heterocycles. The highest BCUT2D eigenvalue weighted by molar-refractivity contribution is 5.97. The maximum absolute atomic E-state index is 12.2. The van der Waals surface area contributed by atoms with Crippen molar-refractivity contribution in [1.29, 1.82) is 0 Å². The summed E-state index contributed by atoms with van der Waals surface area (Å²) in [6.45, 7) is 5.34. The molecular weight excluding hydrogens is 274 g/mol. The minimum absolute atomic E-state index is 0.210. The van der Waals surface area contributed by atoms with Gasteiger partial charge in [-0.3, -0.25) is 19.6 Å². The SMILES string of the molecule is O=C(CN1CCN(Cc2cccnc2)CC1)c1ccccc1. The summed E-state index contributed by atoms with van der Waals surface area (Å²) < 4.78 is 0. The molecule has 0 atom stereocenters. The third-order valence-electron chi connectivity index (χ3n) is 4.06. The molecule has 1 aliphatic rings. The van der Waals surface area contributed by atoms with Gasteiger partial charge in [0, 0.05) is 50.7 Å². The van der Waals surface area contributed by atoms with Crippen molar-refractivity contribution in [2.45, 2.75) is 6.54 Å². The van der Waals surface area contributed by atoms with Crippen LogP contribution < -0.4 is 0 Å². The van der Waals surface area contributed by atoms with Gasteiger partial charge < -0.3 is 0 Å². The fourth-order valence-electron chi connectivity index (χ4n) is 2.77. The van der Waals surface area contributed by atoms with Crippen molar-refractivity contribution in [3.05, 3.63) is 66.0 Å². The molecule has 0 bridgehead atoms. The third kappa shape index (κ3) is 4.00. The Hall–Kier alpha value is -2.04. The quantitative estimate of drug-likeness (QED) is 0.791. The van der Waals surface area contributed by atoms with E-state index in [-0.39, 0.29) is 5.78 Å². The van der Waals surface area contributed by atoms with Gasteiger partial charge in [0.25, 0.3) is 0 Å². The van der Waals surface area contributed by atoms with E-state index in [2.05, 4.69) is 20.9 Å². The lowest BCUT2D eigenvalue weighted by Crippen LogP contribution is -2.47. The Bertz CT molecular complexity index is 592. The molecule has 4 heteroatoms. The van der Waals surface area contributed by atoms with E-state index >= 15 is 0 Å². The lowest BCUT2D eigenvalue weighted by molar-refractivity contribution is 0.0843. The number of aromatic nitrogens is 1. The summed E-state index contributed by atoms with van der Waals surface area (Å²) in [7, 11) is 0. The van der Waals surface area contributed by atoms with Gasteiger partial charge >= 0.3 is 0 Å². The molecule has 0 N–H and O–H groups in total. The van der Waals surface area contributed by atoms with Crippen LogP contribution in [-0.4, -0.2) is 53.3 Å². The number of benzene rings is 1. The first-order chi connectivity index (χ1) is 10.8. The summed E-state index contributed by atoms with van der Waals surface area (Å²) in [5, 5.41) is 0. The Morgan fingerprint density at radius 1 is 0.955 bits per heavy atom. The first kappa shape index (κ1) is 14.9. The second-order valence-corrected chi connectivity index (χ2v) is 5.70. The summed E-state index contributed by atoms with van der Waals surface area (Å²) in [6.07, 6.45) is 3.72. The van der Waals surface area contributed by atoms with Crippen molar-refractivity contribution < 1.29 is 4.79 Å². The Kier molecular flexibility index (Phi) is 4.93. The van der Waals surface area contributed by atoms with Crippen molar-refractivity contribution in [3.8, 4) is 0 Å². The molecule has 4 nitrogen and oxygen atoms in total. The number of nitrogens with zero attached hydrogens (tertiary/aromatic N) is 3. The van der Waals surface area contributed by atoms with Crippen molar-refractivity contribution in [2.24, 2.45) is 0 Å². The molecule has 22 heavy (non-hydrogen) atoms. The zero-order chi connectivity index (χ0) is 15.2. The molecule has 1 saturated heterocycles. The van der Waals surface area contributed by atoms with Crippen LogP contribution in [0.4, 0.5) is 0 Å². The molecular formula is C18H21N3O. The molecule has 0 amide bonds. The second kappa shape index (κ2) is 7.29. The molecule has 0 radical (unpaired) electrons. The van der Waals surface area contributed by atoms with Gasteiger partial charge in [0.2, 0.25) is 0 Å². The van der Waals surface area contributed by atoms with Crippen LogP contribution in [0.5, 0.6) is 0 Å². The monoisotopic (exact) mass is 295 g/mol. The van der Waals surface area contributed by atoms with Gasteiger partial charge in [0.1, 0.15) is 0 Å². The van der Waals surface area contributed by atoms with Gasteiger partial charge in [-0.1, -0.05) is 36.4 Å². The zero-order valence-corrected chi connectivity index (χ0v) is 12.7. The lowest BCUT2D eigenvalue weighted by Gasteiger charge is -2.34. The largest absolute Gasteiger partial charge is 0.296 e. The summed E-state index contributed by atoms with van der Waals surface area (Å²) in [5.74, 6) is 0.210. The number of hydrogen-bond acceptors (Lipinski definition) is 4. The van der Waals surface area contributed by atoms with Crippen LogP contribution in [0, 0.1) is 0 Å². The number of ketones is 1. The fourth-order valence-corrected chi connectivity index (χ4v) is 2.77. The Balaban J connectivity index is 1.47. The molecule has 0 aliphatic carbocycles. The number of carbonyl (C=O) groups is 1. The van der Waals surface area contributed by atoms with Crippen LogP contribution in [0.25, 0.3) is 0 Å². The minimum atomic E-state index is 0.210. The number of piperazine rings is 1. The van der Waals surface area contributed by atoms with E-state index in [4.69, 9.17) is 0 Å². The molecule has 1 fully saturated rings. The Labute approximate surface area is 131 Å². The molecule has 0 saturated carbocycles. The van der Waals surface area contributed by atoms with Crippen molar-refractivity contribution in [1.82, 2.24) is 14.8 Å². The average Bonchev–Trinajstić information content (AvgIpc) is 2.58. The van der Waals surface area contributed by atoms with E-state index in [1.807, 2.05) is 42.6 Å². The highest BCUT2D eigenvalue weighted by atomic mass is 16.1. The summed E-state index contributed by atoms with van der Waals surface area (Å²) in [5.41, 5.74) is 2.05.